The van der Waals surface area contributed by atoms with Gasteiger partial charge in [-0.1, -0.05) is 54.6 Å². The van der Waals surface area contributed by atoms with Crippen LogP contribution in [0.4, 0.5) is 0 Å². The maximum atomic E-state index is 12.9. The molecule has 3 aromatic carbocycles. The minimum Gasteiger partial charge on any atom is -0.461 e. The van der Waals surface area contributed by atoms with Crippen molar-refractivity contribution in [2.24, 2.45) is 0 Å². The van der Waals surface area contributed by atoms with E-state index >= 15 is 0 Å². The Bertz CT molecular complexity index is 754. The third-order valence-electron chi connectivity index (χ3n) is 4.65. The molecule has 3 rings (SSSR count). The van der Waals surface area contributed by atoms with E-state index in [1.165, 1.54) is 15.9 Å². The van der Waals surface area contributed by atoms with Gasteiger partial charge in [-0.3, -0.25) is 0 Å². The lowest BCUT2D eigenvalue weighted by Crippen LogP contribution is -2.36. The first-order valence-corrected chi connectivity index (χ1v) is 11.5. The van der Waals surface area contributed by atoms with Crippen LogP contribution in [0.5, 0.6) is 0 Å². The van der Waals surface area contributed by atoms with Gasteiger partial charge in [-0.2, -0.15) is 0 Å². The zero-order valence-corrected chi connectivity index (χ0v) is 17.1. The van der Waals surface area contributed by atoms with Gasteiger partial charge in [-0.25, -0.2) is 4.79 Å². The fourth-order valence-electron chi connectivity index (χ4n) is 3.37. The van der Waals surface area contributed by atoms with Crippen molar-refractivity contribution in [3.63, 3.8) is 0 Å². The van der Waals surface area contributed by atoms with Crippen LogP contribution >= 0.6 is 7.26 Å². The number of hydrogen-bond acceptors (Lipinski definition) is 3. The predicted octanol–water partition coefficient (Wildman–Crippen LogP) is 3.56. The average molecular weight is 393 g/mol. The molecule has 0 aromatic heterocycles. The van der Waals surface area contributed by atoms with Crippen LogP contribution in [-0.2, 0) is 14.3 Å². The fraction of sp³-hybridized carbons (Fsp3) is 0.208. The van der Waals surface area contributed by atoms with E-state index in [1.807, 2.05) is 61.5 Å². The summed E-state index contributed by atoms with van der Waals surface area (Å²) in [6.07, 6.45) is 0.331. The monoisotopic (exact) mass is 393 g/mol. The third-order valence-corrected chi connectivity index (χ3v) is 8.92. The molecule has 0 aliphatic heterocycles. The number of hydrogen-bond donors (Lipinski definition) is 0. The van der Waals surface area contributed by atoms with Gasteiger partial charge in [0, 0.05) is 6.61 Å². The number of carbonyl (C=O) groups excluding carboxylic acids is 1. The van der Waals surface area contributed by atoms with Crippen molar-refractivity contribution in [2.75, 3.05) is 26.0 Å². The van der Waals surface area contributed by atoms with E-state index in [0.717, 1.165) is 0 Å². The Morgan fingerprint density at radius 2 is 1.14 bits per heavy atom. The van der Waals surface area contributed by atoms with E-state index in [4.69, 9.17) is 9.47 Å². The molecule has 4 heteroatoms. The predicted molar refractivity (Wildman–Crippen MR) is 117 cm³/mol. The van der Waals surface area contributed by atoms with Crippen molar-refractivity contribution in [3.8, 4) is 0 Å². The second kappa shape index (κ2) is 10.2. The summed E-state index contributed by atoms with van der Waals surface area (Å²) in [5.41, 5.74) is 0. The zero-order chi connectivity index (χ0) is 19.7. The zero-order valence-electron chi connectivity index (χ0n) is 16.2. The quantitative estimate of drug-likeness (QED) is 0.317. The lowest BCUT2D eigenvalue weighted by atomic mass is 10.4. The van der Waals surface area contributed by atoms with Gasteiger partial charge in [0.1, 0.15) is 29.8 Å². The Balaban J connectivity index is 2.05. The number of rotatable bonds is 9. The van der Waals surface area contributed by atoms with Crippen molar-refractivity contribution < 1.29 is 14.3 Å². The largest absolute Gasteiger partial charge is 0.461 e. The van der Waals surface area contributed by atoms with E-state index in [1.54, 1.807) is 0 Å². The number of esters is 1. The summed E-state index contributed by atoms with van der Waals surface area (Å²) in [4.78, 5) is 12.9. The summed E-state index contributed by atoms with van der Waals surface area (Å²) in [7, 11) is -2.18. The van der Waals surface area contributed by atoms with Gasteiger partial charge in [0.25, 0.3) is 0 Å². The van der Waals surface area contributed by atoms with Crippen LogP contribution in [0.3, 0.4) is 0 Å². The summed E-state index contributed by atoms with van der Waals surface area (Å²) in [5, 5.41) is 3.53. The molecule has 28 heavy (non-hydrogen) atoms. The Hall–Kier alpha value is -2.48. The standard InChI is InChI=1S/C24H26O3P/c1-2-26-18-19-27-24(25)20-28(21-12-6-3-7-13-21,22-14-8-4-9-15-22)23-16-10-5-11-17-23/h3-17H,2,18-20H2,1H3/q+1. The second-order valence-corrected chi connectivity index (χ2v) is 9.88. The molecule has 0 amide bonds. The van der Waals surface area contributed by atoms with Gasteiger partial charge in [-0.05, 0) is 43.3 Å². The van der Waals surface area contributed by atoms with Gasteiger partial charge < -0.3 is 9.47 Å². The van der Waals surface area contributed by atoms with Gasteiger partial charge in [0.15, 0.2) is 6.16 Å². The molecule has 0 bridgehead atoms. The molecule has 0 fully saturated rings. The molecule has 0 saturated heterocycles. The highest BCUT2D eigenvalue weighted by atomic mass is 31.2. The number of ether oxygens (including phenoxy) is 2. The first-order chi connectivity index (χ1) is 13.8. The maximum Gasteiger partial charge on any atom is 0.345 e. The molecule has 0 atom stereocenters. The normalized spacial score (nSPS) is 11.2. The van der Waals surface area contributed by atoms with Gasteiger partial charge in [-0.15, -0.1) is 0 Å². The molecule has 0 saturated carbocycles. The third kappa shape index (κ3) is 4.67. The van der Waals surface area contributed by atoms with Gasteiger partial charge in [0.2, 0.25) is 0 Å². The first-order valence-electron chi connectivity index (χ1n) is 9.55. The second-order valence-electron chi connectivity index (χ2n) is 6.39. The fourth-order valence-corrected chi connectivity index (χ4v) is 7.33. The maximum absolute atomic E-state index is 12.9. The van der Waals surface area contributed by atoms with E-state index in [9.17, 15) is 4.79 Å². The van der Waals surface area contributed by atoms with E-state index < -0.39 is 7.26 Å². The van der Waals surface area contributed by atoms with Crippen LogP contribution in [0.25, 0.3) is 0 Å². The van der Waals surface area contributed by atoms with Crippen molar-refractivity contribution in [2.45, 2.75) is 6.92 Å². The van der Waals surface area contributed by atoms with Crippen molar-refractivity contribution in [1.29, 1.82) is 0 Å². The molecule has 0 radical (unpaired) electrons. The van der Waals surface area contributed by atoms with Crippen LogP contribution in [0.2, 0.25) is 0 Å². The molecule has 3 nitrogen and oxygen atoms in total. The minimum absolute atomic E-state index is 0.190. The average Bonchev–Trinajstić information content (AvgIpc) is 2.77. The van der Waals surface area contributed by atoms with E-state index in [-0.39, 0.29) is 12.6 Å². The minimum atomic E-state index is -2.18. The van der Waals surface area contributed by atoms with E-state index in [0.29, 0.717) is 19.4 Å². The topological polar surface area (TPSA) is 35.5 Å². The van der Waals surface area contributed by atoms with Crippen molar-refractivity contribution in [1.82, 2.24) is 0 Å². The lowest BCUT2D eigenvalue weighted by Gasteiger charge is -2.26. The van der Waals surface area contributed by atoms with Crippen LogP contribution < -0.4 is 15.9 Å². The van der Waals surface area contributed by atoms with E-state index in [2.05, 4.69) is 36.4 Å². The van der Waals surface area contributed by atoms with Crippen LogP contribution in [-0.4, -0.2) is 32.0 Å². The summed E-state index contributed by atoms with van der Waals surface area (Å²) in [6, 6.07) is 31.0. The highest BCUT2D eigenvalue weighted by Gasteiger charge is 2.47. The molecular formula is C24H26O3P+. The SMILES string of the molecule is CCOCCOC(=O)C[P+](c1ccccc1)(c1ccccc1)c1ccccc1. The van der Waals surface area contributed by atoms with Crippen LogP contribution in [0.15, 0.2) is 91.0 Å². The van der Waals surface area contributed by atoms with Crippen molar-refractivity contribution >= 4 is 29.1 Å². The number of benzene rings is 3. The van der Waals surface area contributed by atoms with Crippen molar-refractivity contribution in [3.05, 3.63) is 91.0 Å². The summed E-state index contributed by atoms with van der Waals surface area (Å²) in [5.74, 6) is -0.190. The molecule has 0 unspecified atom stereocenters. The smallest absolute Gasteiger partial charge is 0.345 e. The highest BCUT2D eigenvalue weighted by Crippen LogP contribution is 2.55. The molecule has 0 aliphatic rings. The molecule has 0 spiro atoms. The Morgan fingerprint density at radius 3 is 1.54 bits per heavy atom. The lowest BCUT2D eigenvalue weighted by molar-refractivity contribution is -0.142. The first kappa shape index (κ1) is 20.3. The molecule has 0 N–H and O–H groups in total. The van der Waals surface area contributed by atoms with Crippen LogP contribution in [0, 0.1) is 0 Å². The Kier molecular flexibility index (Phi) is 7.36. The number of carbonyl (C=O) groups is 1. The molecular weight excluding hydrogens is 367 g/mol. The Morgan fingerprint density at radius 1 is 0.714 bits per heavy atom. The summed E-state index contributed by atoms with van der Waals surface area (Å²) in [6.45, 7) is 3.26. The summed E-state index contributed by atoms with van der Waals surface area (Å²) < 4.78 is 10.8. The van der Waals surface area contributed by atoms with Gasteiger partial charge in [0.05, 0.1) is 6.61 Å². The Labute approximate surface area is 167 Å². The highest BCUT2D eigenvalue weighted by molar-refractivity contribution is 7.96. The molecule has 0 heterocycles. The molecule has 144 valence electrons. The summed E-state index contributed by atoms with van der Waals surface area (Å²) >= 11 is 0. The van der Waals surface area contributed by atoms with Crippen LogP contribution in [0.1, 0.15) is 6.92 Å². The molecule has 0 aliphatic carbocycles. The molecule has 3 aromatic rings. The van der Waals surface area contributed by atoms with Gasteiger partial charge >= 0.3 is 5.97 Å².